The average Bonchev–Trinajstić information content (AvgIpc) is 3.35. The van der Waals surface area contributed by atoms with Crippen LogP contribution in [-0.4, -0.2) is 46.5 Å². The molecule has 162 valence electrons. The normalized spacial score (nSPS) is 20.6. The van der Waals surface area contributed by atoms with Crippen molar-refractivity contribution in [2.24, 2.45) is 5.73 Å². The average molecular weight is 429 g/mol. The number of benzene rings is 2. The number of aromatic nitrogens is 2. The molecule has 3 aliphatic rings. The zero-order valence-corrected chi connectivity index (χ0v) is 17.7. The van der Waals surface area contributed by atoms with Crippen LogP contribution in [0.2, 0.25) is 0 Å². The molecule has 1 saturated heterocycles. The number of anilines is 2. The molecule has 7 heteroatoms. The lowest BCUT2D eigenvalue weighted by Gasteiger charge is -2.20. The van der Waals surface area contributed by atoms with E-state index < -0.39 is 0 Å². The highest BCUT2D eigenvalue weighted by Crippen LogP contribution is 2.57. The van der Waals surface area contributed by atoms with Crippen LogP contribution in [-0.2, 0) is 5.41 Å². The lowest BCUT2D eigenvalue weighted by molar-refractivity contribution is 0.0791. The zero-order valence-electron chi connectivity index (χ0n) is 17.7. The largest absolute Gasteiger partial charge is 0.337 e. The quantitative estimate of drug-likeness (QED) is 0.688. The number of nitrogens with zero attached hydrogens (tertiary/aromatic N) is 4. The first-order chi connectivity index (χ1) is 15.5. The van der Waals surface area contributed by atoms with Gasteiger partial charge in [0.05, 0.1) is 0 Å². The van der Waals surface area contributed by atoms with Gasteiger partial charge in [-0.1, -0.05) is 24.3 Å². The maximum Gasteiger partial charge on any atom is 0.253 e. The summed E-state index contributed by atoms with van der Waals surface area (Å²) in [6.07, 6.45) is 6.42. The molecule has 1 amide bonds. The van der Waals surface area contributed by atoms with Crippen LogP contribution >= 0.6 is 0 Å². The third kappa shape index (κ3) is 3.07. The second kappa shape index (κ2) is 7.10. The van der Waals surface area contributed by atoms with Gasteiger partial charge < -0.3 is 15.5 Å². The number of hydrogen-bond donors (Lipinski definition) is 1. The maximum atomic E-state index is 14.1. The molecule has 0 bridgehead atoms. The molecule has 1 aromatic heterocycles. The Labute approximate surface area is 185 Å². The van der Waals surface area contributed by atoms with E-state index in [1.54, 1.807) is 30.6 Å². The topological polar surface area (TPSA) is 75.3 Å². The molecule has 1 atom stereocenters. The van der Waals surface area contributed by atoms with E-state index in [-0.39, 0.29) is 23.2 Å². The molecule has 3 heterocycles. The molecule has 6 rings (SSSR count). The first-order valence-electron chi connectivity index (χ1n) is 11.1. The number of halogens is 1. The van der Waals surface area contributed by atoms with Crippen LogP contribution in [0.4, 0.5) is 16.0 Å². The molecular weight excluding hydrogens is 405 g/mol. The second-order valence-electron chi connectivity index (χ2n) is 9.15. The van der Waals surface area contributed by atoms with E-state index in [0.29, 0.717) is 35.7 Å². The highest BCUT2D eigenvalue weighted by atomic mass is 19.1. The number of fused-ring (bicyclic) bond motifs is 2. The minimum atomic E-state index is -0.294. The Hall–Kier alpha value is -3.32. The Balaban J connectivity index is 1.33. The fourth-order valence-electron chi connectivity index (χ4n) is 5.02. The number of amides is 1. The summed E-state index contributed by atoms with van der Waals surface area (Å²) in [5, 5.41) is 0. The van der Waals surface area contributed by atoms with E-state index in [1.165, 1.54) is 11.6 Å². The summed E-state index contributed by atoms with van der Waals surface area (Å²) in [5.41, 5.74) is 10.2. The lowest BCUT2D eigenvalue weighted by Crippen LogP contribution is -2.31. The number of likely N-dealkylation sites (tertiary alicyclic amines) is 1. The Morgan fingerprint density at radius 2 is 1.91 bits per heavy atom. The van der Waals surface area contributed by atoms with Crippen molar-refractivity contribution in [2.45, 2.75) is 30.7 Å². The molecule has 6 nitrogen and oxygen atoms in total. The predicted molar refractivity (Wildman–Crippen MR) is 120 cm³/mol. The Bertz CT molecular complexity index is 1210. The van der Waals surface area contributed by atoms with Gasteiger partial charge in [0.1, 0.15) is 5.82 Å². The highest BCUT2D eigenvalue weighted by Gasteiger charge is 2.52. The minimum absolute atomic E-state index is 0.0215. The maximum absolute atomic E-state index is 14.1. The van der Waals surface area contributed by atoms with Crippen molar-refractivity contribution in [3.8, 4) is 11.1 Å². The molecule has 3 aromatic rings. The first kappa shape index (κ1) is 19.4. The third-order valence-electron chi connectivity index (χ3n) is 7.00. The van der Waals surface area contributed by atoms with Crippen molar-refractivity contribution in [1.82, 2.24) is 14.9 Å². The number of carbonyl (C=O) groups is 1. The first-order valence-corrected chi connectivity index (χ1v) is 11.1. The van der Waals surface area contributed by atoms with Gasteiger partial charge in [0.15, 0.2) is 0 Å². The van der Waals surface area contributed by atoms with Crippen LogP contribution in [0.1, 0.15) is 35.2 Å². The van der Waals surface area contributed by atoms with Gasteiger partial charge in [-0.25, -0.2) is 14.4 Å². The van der Waals surface area contributed by atoms with Crippen LogP contribution in [0.3, 0.4) is 0 Å². The van der Waals surface area contributed by atoms with E-state index in [1.807, 2.05) is 17.0 Å². The van der Waals surface area contributed by atoms with Crippen molar-refractivity contribution in [2.75, 3.05) is 24.5 Å². The SMILES string of the molecule is N[C@H]1CCN(C(=O)c2ccc3c(c2)N(c2ncc(-c4ccccc4F)cn2)CC32CC2)C1. The lowest BCUT2D eigenvalue weighted by atomic mass is 9.97. The van der Waals surface area contributed by atoms with Crippen molar-refractivity contribution in [3.63, 3.8) is 0 Å². The second-order valence-corrected chi connectivity index (χ2v) is 9.15. The van der Waals surface area contributed by atoms with Crippen LogP contribution in [0, 0.1) is 5.82 Å². The Morgan fingerprint density at radius 1 is 1.12 bits per heavy atom. The number of hydrogen-bond acceptors (Lipinski definition) is 5. The summed E-state index contributed by atoms with van der Waals surface area (Å²) in [4.78, 5) is 26.1. The van der Waals surface area contributed by atoms with Gasteiger partial charge >= 0.3 is 0 Å². The fourth-order valence-corrected chi connectivity index (χ4v) is 5.02. The summed E-state index contributed by atoms with van der Waals surface area (Å²) in [7, 11) is 0. The summed E-state index contributed by atoms with van der Waals surface area (Å²) in [6.45, 7) is 2.10. The van der Waals surface area contributed by atoms with Gasteiger partial charge in [-0.15, -0.1) is 0 Å². The van der Waals surface area contributed by atoms with Gasteiger partial charge in [0.2, 0.25) is 5.95 Å². The zero-order chi connectivity index (χ0) is 21.9. The molecule has 1 spiro atoms. The molecule has 0 radical (unpaired) electrons. The third-order valence-corrected chi connectivity index (χ3v) is 7.00. The van der Waals surface area contributed by atoms with Crippen LogP contribution < -0.4 is 10.6 Å². The molecule has 0 unspecified atom stereocenters. The molecule has 1 aliphatic carbocycles. The van der Waals surface area contributed by atoms with Crippen molar-refractivity contribution in [3.05, 3.63) is 71.8 Å². The monoisotopic (exact) mass is 429 g/mol. The summed E-state index contributed by atoms with van der Waals surface area (Å²) in [6, 6.07) is 12.7. The molecular formula is C25H24FN5O. The summed E-state index contributed by atoms with van der Waals surface area (Å²) in [5.74, 6) is 0.299. The number of nitrogens with two attached hydrogens (primary N) is 1. The van der Waals surface area contributed by atoms with Crippen LogP contribution in [0.25, 0.3) is 11.1 Å². The summed E-state index contributed by atoms with van der Waals surface area (Å²) < 4.78 is 14.1. The van der Waals surface area contributed by atoms with E-state index in [0.717, 1.165) is 31.5 Å². The molecule has 2 aromatic carbocycles. The van der Waals surface area contributed by atoms with E-state index in [2.05, 4.69) is 20.9 Å². The van der Waals surface area contributed by atoms with Crippen LogP contribution in [0.5, 0.6) is 0 Å². The fraction of sp³-hybridized carbons (Fsp3) is 0.320. The molecule has 2 fully saturated rings. The van der Waals surface area contributed by atoms with Gasteiger partial charge in [0.25, 0.3) is 5.91 Å². The van der Waals surface area contributed by atoms with E-state index in [9.17, 15) is 9.18 Å². The van der Waals surface area contributed by atoms with E-state index >= 15 is 0 Å². The van der Waals surface area contributed by atoms with Gasteiger partial charge in [-0.2, -0.15) is 0 Å². The standard InChI is InChI=1S/C25H24FN5O/c26-21-4-2-1-3-19(21)17-12-28-24(29-13-17)31-15-25(8-9-25)20-6-5-16(11-22(20)31)23(32)30-10-7-18(27)14-30/h1-6,11-13,18H,7-10,14-15,27H2/t18-/m0/s1. The van der Waals surface area contributed by atoms with Crippen molar-refractivity contribution >= 4 is 17.5 Å². The molecule has 32 heavy (non-hydrogen) atoms. The Kier molecular flexibility index (Phi) is 4.30. The van der Waals surface area contributed by atoms with Gasteiger partial charge in [0, 0.05) is 65.9 Å². The number of rotatable bonds is 3. The van der Waals surface area contributed by atoms with Crippen molar-refractivity contribution in [1.29, 1.82) is 0 Å². The molecule has 2 aliphatic heterocycles. The summed E-state index contributed by atoms with van der Waals surface area (Å²) >= 11 is 0. The molecule has 2 N–H and O–H groups in total. The minimum Gasteiger partial charge on any atom is -0.337 e. The van der Waals surface area contributed by atoms with E-state index in [4.69, 9.17) is 5.73 Å². The predicted octanol–water partition coefficient (Wildman–Crippen LogP) is 3.64. The molecule has 1 saturated carbocycles. The van der Waals surface area contributed by atoms with Crippen molar-refractivity contribution < 1.29 is 9.18 Å². The van der Waals surface area contributed by atoms with Crippen LogP contribution in [0.15, 0.2) is 54.9 Å². The highest BCUT2D eigenvalue weighted by molar-refractivity contribution is 5.96. The van der Waals surface area contributed by atoms with Gasteiger partial charge in [-0.3, -0.25) is 4.79 Å². The number of carbonyl (C=O) groups excluding carboxylic acids is 1. The smallest absolute Gasteiger partial charge is 0.253 e. The van der Waals surface area contributed by atoms with Gasteiger partial charge in [-0.05, 0) is 43.0 Å². The Morgan fingerprint density at radius 3 is 2.59 bits per heavy atom.